The van der Waals surface area contributed by atoms with Crippen LogP contribution in [0.4, 0.5) is 0 Å². The number of carbonyl (C=O) groups is 1. The molecule has 3 heteroatoms. The third-order valence-corrected chi connectivity index (χ3v) is 3.02. The maximum absolute atomic E-state index is 11.4. The van der Waals surface area contributed by atoms with E-state index in [1.165, 1.54) is 25.7 Å². The highest BCUT2D eigenvalue weighted by Gasteiger charge is 2.15. The van der Waals surface area contributed by atoms with Gasteiger partial charge in [-0.2, -0.15) is 0 Å². The van der Waals surface area contributed by atoms with Crippen LogP contribution in [0.3, 0.4) is 0 Å². The van der Waals surface area contributed by atoms with Crippen molar-refractivity contribution in [2.45, 2.75) is 58.0 Å². The molecule has 1 heterocycles. The highest BCUT2D eigenvalue weighted by atomic mass is 16.5. The van der Waals surface area contributed by atoms with E-state index in [-0.39, 0.29) is 12.0 Å². The van der Waals surface area contributed by atoms with E-state index < -0.39 is 0 Å². The van der Waals surface area contributed by atoms with Gasteiger partial charge in [-0.3, -0.25) is 4.79 Å². The van der Waals surface area contributed by atoms with Gasteiger partial charge in [-0.25, -0.2) is 0 Å². The Morgan fingerprint density at radius 2 is 2.29 bits per heavy atom. The zero-order chi connectivity index (χ0) is 12.3. The largest absolute Gasteiger partial charge is 0.376 e. The molecule has 1 amide bonds. The molecular formula is C14H25NO2. The molecule has 0 radical (unpaired) electrons. The van der Waals surface area contributed by atoms with Crippen molar-refractivity contribution in [2.24, 2.45) is 0 Å². The molecule has 0 aromatic rings. The highest BCUT2D eigenvalue weighted by molar-refractivity contribution is 5.87. The summed E-state index contributed by atoms with van der Waals surface area (Å²) in [6.45, 7) is 3.70. The third-order valence-electron chi connectivity index (χ3n) is 3.02. The minimum atomic E-state index is 0.0102. The number of unbranched alkanes of at least 4 members (excludes halogenated alkanes) is 4. The van der Waals surface area contributed by atoms with Crippen LogP contribution >= 0.6 is 0 Å². The van der Waals surface area contributed by atoms with Gasteiger partial charge in [-0.15, -0.1) is 0 Å². The molecule has 0 aliphatic carbocycles. The SMILES string of the molecule is CCCCCC/C=C/C(=O)NCC1CCCO1. The lowest BCUT2D eigenvalue weighted by atomic mass is 10.1. The van der Waals surface area contributed by atoms with Crippen LogP contribution in [0.25, 0.3) is 0 Å². The Hall–Kier alpha value is -0.830. The summed E-state index contributed by atoms with van der Waals surface area (Å²) in [6.07, 6.45) is 12.0. The van der Waals surface area contributed by atoms with Gasteiger partial charge in [-0.1, -0.05) is 32.3 Å². The van der Waals surface area contributed by atoms with Crippen molar-refractivity contribution in [1.82, 2.24) is 5.32 Å². The molecule has 98 valence electrons. The van der Waals surface area contributed by atoms with Crippen LogP contribution in [0.5, 0.6) is 0 Å². The van der Waals surface area contributed by atoms with Crippen molar-refractivity contribution in [3.63, 3.8) is 0 Å². The fourth-order valence-corrected chi connectivity index (χ4v) is 1.96. The first-order valence-electron chi connectivity index (χ1n) is 6.89. The molecule has 0 aromatic carbocycles. The molecule has 0 spiro atoms. The van der Waals surface area contributed by atoms with Crippen LogP contribution in [0.1, 0.15) is 51.9 Å². The average molecular weight is 239 g/mol. The summed E-state index contributed by atoms with van der Waals surface area (Å²) in [7, 11) is 0. The predicted molar refractivity (Wildman–Crippen MR) is 69.9 cm³/mol. The third kappa shape index (κ3) is 7.16. The van der Waals surface area contributed by atoms with Crippen molar-refractivity contribution >= 4 is 5.91 Å². The van der Waals surface area contributed by atoms with Gasteiger partial charge in [-0.05, 0) is 31.8 Å². The van der Waals surface area contributed by atoms with E-state index in [0.717, 1.165) is 25.9 Å². The van der Waals surface area contributed by atoms with Crippen molar-refractivity contribution in [1.29, 1.82) is 0 Å². The molecular weight excluding hydrogens is 214 g/mol. The lowest BCUT2D eigenvalue weighted by Crippen LogP contribution is -2.30. The maximum Gasteiger partial charge on any atom is 0.243 e. The van der Waals surface area contributed by atoms with Gasteiger partial charge in [0.2, 0.25) is 5.91 Å². The first-order chi connectivity index (χ1) is 8.33. The number of carbonyl (C=O) groups excluding carboxylic acids is 1. The topological polar surface area (TPSA) is 38.3 Å². The quantitative estimate of drug-likeness (QED) is 0.522. The average Bonchev–Trinajstić information content (AvgIpc) is 2.84. The molecule has 0 aromatic heterocycles. The predicted octanol–water partition coefficient (Wildman–Crippen LogP) is 2.81. The smallest absolute Gasteiger partial charge is 0.243 e. The molecule has 1 rings (SSSR count). The number of hydrogen-bond acceptors (Lipinski definition) is 2. The first kappa shape index (κ1) is 14.2. The summed E-state index contributed by atoms with van der Waals surface area (Å²) in [5, 5.41) is 2.88. The van der Waals surface area contributed by atoms with Gasteiger partial charge >= 0.3 is 0 Å². The maximum atomic E-state index is 11.4. The number of ether oxygens (including phenoxy) is 1. The molecule has 1 fully saturated rings. The Kier molecular flexibility index (Phi) is 7.72. The molecule has 1 unspecified atom stereocenters. The van der Waals surface area contributed by atoms with Gasteiger partial charge in [0.15, 0.2) is 0 Å². The van der Waals surface area contributed by atoms with Crippen LogP contribution in [0, 0.1) is 0 Å². The normalized spacial score (nSPS) is 19.9. The summed E-state index contributed by atoms with van der Waals surface area (Å²) < 4.78 is 5.43. The summed E-state index contributed by atoms with van der Waals surface area (Å²) in [5.74, 6) is 0.0102. The molecule has 1 saturated heterocycles. The monoisotopic (exact) mass is 239 g/mol. The zero-order valence-corrected chi connectivity index (χ0v) is 10.9. The van der Waals surface area contributed by atoms with E-state index in [9.17, 15) is 4.79 Å². The van der Waals surface area contributed by atoms with E-state index in [1.54, 1.807) is 6.08 Å². The first-order valence-corrected chi connectivity index (χ1v) is 6.89. The Balaban J connectivity index is 1.97. The minimum absolute atomic E-state index is 0.0102. The lowest BCUT2D eigenvalue weighted by molar-refractivity contribution is -0.117. The fourth-order valence-electron chi connectivity index (χ4n) is 1.96. The lowest BCUT2D eigenvalue weighted by Gasteiger charge is -2.08. The zero-order valence-electron chi connectivity index (χ0n) is 10.9. The number of amides is 1. The van der Waals surface area contributed by atoms with Gasteiger partial charge in [0, 0.05) is 13.2 Å². The van der Waals surface area contributed by atoms with E-state index >= 15 is 0 Å². The van der Waals surface area contributed by atoms with E-state index in [1.807, 2.05) is 6.08 Å². The summed E-state index contributed by atoms with van der Waals surface area (Å²) in [4.78, 5) is 11.4. The summed E-state index contributed by atoms with van der Waals surface area (Å²) in [6, 6.07) is 0. The molecule has 17 heavy (non-hydrogen) atoms. The second-order valence-corrected chi connectivity index (χ2v) is 4.63. The Morgan fingerprint density at radius 3 is 3.00 bits per heavy atom. The van der Waals surface area contributed by atoms with Gasteiger partial charge in [0.05, 0.1) is 6.10 Å². The van der Waals surface area contributed by atoms with Crippen LogP contribution in [-0.4, -0.2) is 25.2 Å². The summed E-state index contributed by atoms with van der Waals surface area (Å²) >= 11 is 0. The van der Waals surface area contributed by atoms with Crippen molar-refractivity contribution in [2.75, 3.05) is 13.2 Å². The number of allylic oxidation sites excluding steroid dienone is 1. The second kappa shape index (κ2) is 9.23. The number of rotatable bonds is 8. The Morgan fingerprint density at radius 1 is 1.41 bits per heavy atom. The van der Waals surface area contributed by atoms with Gasteiger partial charge < -0.3 is 10.1 Å². The van der Waals surface area contributed by atoms with Crippen LogP contribution in [0.15, 0.2) is 12.2 Å². The number of nitrogens with one attached hydrogen (secondary N) is 1. The Labute approximate surface area is 105 Å². The molecule has 1 aliphatic rings. The minimum Gasteiger partial charge on any atom is -0.376 e. The van der Waals surface area contributed by atoms with E-state index in [4.69, 9.17) is 4.74 Å². The second-order valence-electron chi connectivity index (χ2n) is 4.63. The van der Waals surface area contributed by atoms with E-state index in [0.29, 0.717) is 6.54 Å². The molecule has 1 aliphatic heterocycles. The number of hydrogen-bond donors (Lipinski definition) is 1. The van der Waals surface area contributed by atoms with E-state index in [2.05, 4.69) is 12.2 Å². The highest BCUT2D eigenvalue weighted by Crippen LogP contribution is 2.10. The van der Waals surface area contributed by atoms with Crippen LogP contribution < -0.4 is 5.32 Å². The van der Waals surface area contributed by atoms with Crippen molar-refractivity contribution < 1.29 is 9.53 Å². The van der Waals surface area contributed by atoms with Crippen molar-refractivity contribution in [3.05, 3.63) is 12.2 Å². The molecule has 1 N–H and O–H groups in total. The summed E-state index contributed by atoms with van der Waals surface area (Å²) in [5.41, 5.74) is 0. The van der Waals surface area contributed by atoms with Crippen molar-refractivity contribution in [3.8, 4) is 0 Å². The Bertz CT molecular complexity index is 232. The molecule has 1 atom stereocenters. The molecule has 0 saturated carbocycles. The molecule has 3 nitrogen and oxygen atoms in total. The van der Waals surface area contributed by atoms with Crippen LogP contribution in [-0.2, 0) is 9.53 Å². The standard InChI is InChI=1S/C14H25NO2/c1-2-3-4-5-6-7-10-14(16)15-12-13-9-8-11-17-13/h7,10,13H,2-6,8-9,11-12H2,1H3,(H,15,16)/b10-7+. The van der Waals surface area contributed by atoms with Gasteiger partial charge in [0.1, 0.15) is 0 Å². The van der Waals surface area contributed by atoms with Gasteiger partial charge in [0.25, 0.3) is 0 Å². The fraction of sp³-hybridized carbons (Fsp3) is 0.786. The molecule has 0 bridgehead atoms. The van der Waals surface area contributed by atoms with Crippen LogP contribution in [0.2, 0.25) is 0 Å².